The first-order valence-corrected chi connectivity index (χ1v) is 7.51. The first kappa shape index (κ1) is 16.8. The first-order chi connectivity index (χ1) is 9.46. The number of hydrogen-bond donors (Lipinski definition) is 1. The molecular weight excluding hydrogens is 250 g/mol. The minimum Gasteiger partial charge on any atom is -0.493 e. The van der Waals surface area contributed by atoms with E-state index in [0.29, 0.717) is 0 Å². The van der Waals surface area contributed by atoms with Crippen LogP contribution in [-0.2, 0) is 6.54 Å². The van der Waals surface area contributed by atoms with Crippen LogP contribution in [0.3, 0.4) is 0 Å². The number of rotatable bonds is 8. The molecule has 0 heterocycles. The van der Waals surface area contributed by atoms with Crippen LogP contribution in [0.2, 0.25) is 0 Å². The van der Waals surface area contributed by atoms with Crippen LogP contribution in [0.1, 0.15) is 52.5 Å². The Morgan fingerprint density at radius 3 is 2.45 bits per heavy atom. The van der Waals surface area contributed by atoms with E-state index in [2.05, 4.69) is 45.1 Å². The summed E-state index contributed by atoms with van der Waals surface area (Å²) in [6, 6.07) is 6.13. The van der Waals surface area contributed by atoms with Crippen LogP contribution in [-0.4, -0.2) is 19.3 Å². The predicted molar refractivity (Wildman–Crippen MR) is 84.6 cm³/mol. The molecular formula is C17H29NO2. The molecule has 0 saturated carbocycles. The Hall–Kier alpha value is -1.22. The Morgan fingerprint density at radius 1 is 1.10 bits per heavy atom. The van der Waals surface area contributed by atoms with Crippen LogP contribution in [0.25, 0.3) is 0 Å². The van der Waals surface area contributed by atoms with Crippen LogP contribution in [0, 0.1) is 0 Å². The highest BCUT2D eigenvalue weighted by Crippen LogP contribution is 2.28. The summed E-state index contributed by atoms with van der Waals surface area (Å²) < 4.78 is 11.2. The van der Waals surface area contributed by atoms with E-state index in [1.54, 1.807) is 7.11 Å². The molecule has 0 atom stereocenters. The van der Waals surface area contributed by atoms with Crippen molar-refractivity contribution < 1.29 is 9.47 Å². The maximum atomic E-state index is 5.85. The standard InChI is InChI=1S/C17H29NO2/c1-6-7-8-11-20-16-12-14(9-10-15(16)19-5)13-18-17(2,3)4/h9-10,12,18H,6-8,11,13H2,1-5H3. The van der Waals surface area contributed by atoms with E-state index >= 15 is 0 Å². The monoisotopic (exact) mass is 279 g/mol. The summed E-state index contributed by atoms with van der Waals surface area (Å²) in [6.45, 7) is 10.3. The molecule has 0 aliphatic carbocycles. The molecule has 0 radical (unpaired) electrons. The van der Waals surface area contributed by atoms with E-state index in [1.165, 1.54) is 18.4 Å². The lowest BCUT2D eigenvalue weighted by molar-refractivity contribution is 0.285. The minimum absolute atomic E-state index is 0.113. The molecule has 0 unspecified atom stereocenters. The summed E-state index contributed by atoms with van der Waals surface area (Å²) in [6.07, 6.45) is 3.49. The largest absolute Gasteiger partial charge is 0.493 e. The van der Waals surface area contributed by atoms with Crippen molar-refractivity contribution in [3.8, 4) is 11.5 Å². The van der Waals surface area contributed by atoms with Crippen molar-refractivity contribution in [3.63, 3.8) is 0 Å². The molecule has 0 spiro atoms. The average Bonchev–Trinajstić information content (AvgIpc) is 2.40. The third-order valence-corrected chi connectivity index (χ3v) is 3.06. The summed E-state index contributed by atoms with van der Waals surface area (Å²) in [5, 5.41) is 3.48. The van der Waals surface area contributed by atoms with Crippen LogP contribution < -0.4 is 14.8 Å². The third kappa shape index (κ3) is 6.29. The lowest BCUT2D eigenvalue weighted by Crippen LogP contribution is -2.35. The highest BCUT2D eigenvalue weighted by atomic mass is 16.5. The summed E-state index contributed by atoms with van der Waals surface area (Å²) in [4.78, 5) is 0. The van der Waals surface area contributed by atoms with Gasteiger partial charge in [-0.15, -0.1) is 0 Å². The molecule has 0 aromatic heterocycles. The fraction of sp³-hybridized carbons (Fsp3) is 0.647. The Morgan fingerprint density at radius 2 is 1.85 bits per heavy atom. The molecule has 0 amide bonds. The number of ether oxygens (including phenoxy) is 2. The quantitative estimate of drug-likeness (QED) is 0.725. The lowest BCUT2D eigenvalue weighted by Gasteiger charge is -2.21. The first-order valence-electron chi connectivity index (χ1n) is 7.51. The summed E-state index contributed by atoms with van der Waals surface area (Å²) >= 11 is 0. The highest BCUT2D eigenvalue weighted by Gasteiger charge is 2.10. The smallest absolute Gasteiger partial charge is 0.161 e. The van der Waals surface area contributed by atoms with E-state index in [9.17, 15) is 0 Å². The van der Waals surface area contributed by atoms with Crippen molar-refractivity contribution in [1.29, 1.82) is 0 Å². The van der Waals surface area contributed by atoms with Crippen molar-refractivity contribution in [2.45, 2.75) is 59.0 Å². The van der Waals surface area contributed by atoms with Crippen molar-refractivity contribution >= 4 is 0 Å². The molecule has 1 rings (SSSR count). The zero-order valence-electron chi connectivity index (χ0n) is 13.6. The second kappa shape index (κ2) is 8.15. The van der Waals surface area contributed by atoms with Gasteiger partial charge in [0.1, 0.15) is 0 Å². The molecule has 0 bridgehead atoms. The van der Waals surface area contributed by atoms with Gasteiger partial charge in [0.25, 0.3) is 0 Å². The van der Waals surface area contributed by atoms with Gasteiger partial charge in [-0.05, 0) is 44.9 Å². The number of unbranched alkanes of at least 4 members (excludes halogenated alkanes) is 2. The van der Waals surface area contributed by atoms with Gasteiger partial charge in [-0.2, -0.15) is 0 Å². The number of benzene rings is 1. The van der Waals surface area contributed by atoms with Crippen LogP contribution in [0.5, 0.6) is 11.5 Å². The molecule has 3 heteroatoms. The molecule has 1 N–H and O–H groups in total. The fourth-order valence-corrected chi connectivity index (χ4v) is 1.85. The van der Waals surface area contributed by atoms with Crippen molar-refractivity contribution in [3.05, 3.63) is 23.8 Å². The van der Waals surface area contributed by atoms with E-state index in [-0.39, 0.29) is 5.54 Å². The van der Waals surface area contributed by atoms with Gasteiger partial charge >= 0.3 is 0 Å². The third-order valence-electron chi connectivity index (χ3n) is 3.06. The summed E-state index contributed by atoms with van der Waals surface area (Å²) in [7, 11) is 1.68. The SMILES string of the molecule is CCCCCOc1cc(CNC(C)(C)C)ccc1OC. The normalized spacial score (nSPS) is 11.4. The van der Waals surface area contributed by atoms with Gasteiger partial charge in [0.2, 0.25) is 0 Å². The van der Waals surface area contributed by atoms with Crippen LogP contribution in [0.4, 0.5) is 0 Å². The number of nitrogens with one attached hydrogen (secondary N) is 1. The van der Waals surface area contributed by atoms with Crippen molar-refractivity contribution in [2.75, 3.05) is 13.7 Å². The molecule has 0 aliphatic heterocycles. The van der Waals surface area contributed by atoms with Crippen molar-refractivity contribution in [2.24, 2.45) is 0 Å². The van der Waals surface area contributed by atoms with Crippen LogP contribution in [0.15, 0.2) is 18.2 Å². The topological polar surface area (TPSA) is 30.5 Å². The van der Waals surface area contributed by atoms with E-state index in [4.69, 9.17) is 9.47 Å². The molecule has 20 heavy (non-hydrogen) atoms. The Balaban J connectivity index is 2.65. The number of methoxy groups -OCH3 is 1. The molecule has 114 valence electrons. The number of hydrogen-bond acceptors (Lipinski definition) is 3. The maximum absolute atomic E-state index is 5.85. The van der Waals surface area contributed by atoms with E-state index in [0.717, 1.165) is 31.1 Å². The molecule has 0 fully saturated rings. The Bertz CT molecular complexity index is 396. The Labute approximate surface area is 123 Å². The van der Waals surface area contributed by atoms with Gasteiger partial charge in [-0.1, -0.05) is 25.8 Å². The second-order valence-electron chi connectivity index (χ2n) is 6.14. The molecule has 1 aromatic carbocycles. The van der Waals surface area contributed by atoms with Gasteiger partial charge in [-0.3, -0.25) is 0 Å². The molecule has 1 aromatic rings. The van der Waals surface area contributed by atoms with Crippen LogP contribution >= 0.6 is 0 Å². The second-order valence-corrected chi connectivity index (χ2v) is 6.14. The maximum Gasteiger partial charge on any atom is 0.161 e. The highest BCUT2D eigenvalue weighted by molar-refractivity contribution is 5.43. The molecule has 0 aliphatic rings. The van der Waals surface area contributed by atoms with Gasteiger partial charge in [0, 0.05) is 12.1 Å². The zero-order valence-corrected chi connectivity index (χ0v) is 13.6. The molecule has 3 nitrogen and oxygen atoms in total. The van der Waals surface area contributed by atoms with E-state index in [1.807, 2.05) is 6.07 Å². The Kier molecular flexibility index (Phi) is 6.86. The van der Waals surface area contributed by atoms with E-state index < -0.39 is 0 Å². The van der Waals surface area contributed by atoms with Gasteiger partial charge in [0.15, 0.2) is 11.5 Å². The fourth-order valence-electron chi connectivity index (χ4n) is 1.85. The average molecular weight is 279 g/mol. The van der Waals surface area contributed by atoms with Gasteiger partial charge in [0.05, 0.1) is 13.7 Å². The predicted octanol–water partition coefficient (Wildman–Crippen LogP) is 4.15. The van der Waals surface area contributed by atoms with Gasteiger partial charge < -0.3 is 14.8 Å². The summed E-state index contributed by atoms with van der Waals surface area (Å²) in [5.74, 6) is 1.65. The van der Waals surface area contributed by atoms with Crippen molar-refractivity contribution in [1.82, 2.24) is 5.32 Å². The zero-order chi connectivity index (χ0) is 15.0. The summed E-state index contributed by atoms with van der Waals surface area (Å²) in [5.41, 5.74) is 1.33. The minimum atomic E-state index is 0.113. The van der Waals surface area contributed by atoms with Gasteiger partial charge in [-0.25, -0.2) is 0 Å². The lowest BCUT2D eigenvalue weighted by atomic mass is 10.1. The molecule has 0 saturated heterocycles.